The molecule has 0 spiro atoms. The van der Waals surface area contributed by atoms with Crippen LogP contribution < -0.4 is 4.74 Å². The lowest BCUT2D eigenvalue weighted by Gasteiger charge is -2.24. The van der Waals surface area contributed by atoms with Gasteiger partial charge in [-0.1, -0.05) is 13.0 Å². The number of thiophene rings is 1. The van der Waals surface area contributed by atoms with Gasteiger partial charge in [-0.15, -0.1) is 11.3 Å². The summed E-state index contributed by atoms with van der Waals surface area (Å²) in [6.45, 7) is 4.63. The maximum absolute atomic E-state index is 10.8. The highest BCUT2D eigenvalue weighted by Gasteiger charge is 2.34. The average Bonchev–Trinajstić information content (AvgIpc) is 2.98. The predicted octanol–water partition coefficient (Wildman–Crippen LogP) is 2.62. The summed E-state index contributed by atoms with van der Waals surface area (Å²) in [7, 11) is 1.60. The number of aromatic nitrogens is 2. The van der Waals surface area contributed by atoms with Gasteiger partial charge in [-0.2, -0.15) is 5.10 Å². The zero-order valence-electron chi connectivity index (χ0n) is 10.9. The highest BCUT2D eigenvalue weighted by molar-refractivity contribution is 7.10. The van der Waals surface area contributed by atoms with Crippen LogP contribution in [0.5, 0.6) is 5.75 Å². The molecule has 0 aliphatic carbocycles. The molecule has 98 valence electrons. The van der Waals surface area contributed by atoms with E-state index in [0.717, 1.165) is 17.8 Å². The van der Waals surface area contributed by atoms with Crippen molar-refractivity contribution in [1.82, 2.24) is 9.78 Å². The van der Waals surface area contributed by atoms with Gasteiger partial charge >= 0.3 is 0 Å². The Morgan fingerprint density at radius 2 is 2.33 bits per heavy atom. The van der Waals surface area contributed by atoms with Gasteiger partial charge < -0.3 is 9.84 Å². The molecule has 4 nitrogen and oxygen atoms in total. The summed E-state index contributed by atoms with van der Waals surface area (Å²) in [5.41, 5.74) is -0.361. The van der Waals surface area contributed by atoms with Crippen LogP contribution in [0.25, 0.3) is 0 Å². The number of nitrogens with zero attached hydrogens (tertiary/aromatic N) is 2. The van der Waals surface area contributed by atoms with E-state index in [1.54, 1.807) is 20.2 Å². The first-order chi connectivity index (χ1) is 8.61. The van der Waals surface area contributed by atoms with E-state index in [2.05, 4.69) is 12.0 Å². The van der Waals surface area contributed by atoms with Gasteiger partial charge in [-0.05, 0) is 24.8 Å². The number of methoxy groups -OCH3 is 1. The van der Waals surface area contributed by atoms with Gasteiger partial charge in [-0.25, -0.2) is 0 Å². The van der Waals surface area contributed by atoms with Crippen LogP contribution in [0.3, 0.4) is 0 Å². The van der Waals surface area contributed by atoms with Crippen molar-refractivity contribution in [1.29, 1.82) is 0 Å². The first-order valence-corrected chi connectivity index (χ1v) is 6.85. The van der Waals surface area contributed by atoms with Crippen molar-refractivity contribution in [2.45, 2.75) is 32.4 Å². The first kappa shape index (κ1) is 13.1. The summed E-state index contributed by atoms with van der Waals surface area (Å²) in [6, 6.07) is 3.86. The maximum atomic E-state index is 10.8. The summed E-state index contributed by atoms with van der Waals surface area (Å²) in [5, 5.41) is 17.1. The minimum absolute atomic E-state index is 0.627. The van der Waals surface area contributed by atoms with Crippen LogP contribution in [0.15, 0.2) is 23.7 Å². The molecule has 1 N–H and O–H groups in total. The van der Waals surface area contributed by atoms with E-state index in [0.29, 0.717) is 11.4 Å². The van der Waals surface area contributed by atoms with Crippen molar-refractivity contribution in [2.24, 2.45) is 0 Å². The second-order valence-electron chi connectivity index (χ2n) is 4.33. The standard InChI is InChI=1S/C13H18N2O2S/c1-4-7-15-12(10(17-3)9-14-15)13(2,16)11-6-5-8-18-11/h5-6,8-9,16H,4,7H2,1-3H3. The van der Waals surface area contributed by atoms with Gasteiger partial charge in [0.15, 0.2) is 5.75 Å². The predicted molar refractivity (Wildman–Crippen MR) is 72.1 cm³/mol. The molecule has 0 aliphatic heterocycles. The van der Waals surface area contributed by atoms with E-state index >= 15 is 0 Å². The van der Waals surface area contributed by atoms with Crippen molar-refractivity contribution in [3.05, 3.63) is 34.3 Å². The largest absolute Gasteiger partial charge is 0.493 e. The molecule has 2 rings (SSSR count). The highest BCUT2D eigenvalue weighted by atomic mass is 32.1. The molecular formula is C13H18N2O2S. The SMILES string of the molecule is CCCn1ncc(OC)c1C(C)(O)c1cccs1. The molecule has 5 heteroatoms. The van der Waals surface area contributed by atoms with Crippen LogP contribution in [0.1, 0.15) is 30.8 Å². The molecule has 2 heterocycles. The highest BCUT2D eigenvalue weighted by Crippen LogP contribution is 2.37. The zero-order chi connectivity index (χ0) is 13.2. The maximum Gasteiger partial charge on any atom is 0.163 e. The third-order valence-electron chi connectivity index (χ3n) is 2.92. The number of hydrogen-bond acceptors (Lipinski definition) is 4. The van der Waals surface area contributed by atoms with Gasteiger partial charge in [0.25, 0.3) is 0 Å². The molecule has 0 radical (unpaired) electrons. The fraction of sp³-hybridized carbons (Fsp3) is 0.462. The van der Waals surface area contributed by atoms with Crippen LogP contribution in [-0.2, 0) is 12.1 Å². The molecule has 1 atom stereocenters. The topological polar surface area (TPSA) is 47.3 Å². The van der Waals surface area contributed by atoms with Gasteiger partial charge in [0.05, 0.1) is 13.3 Å². The van der Waals surface area contributed by atoms with Gasteiger partial charge in [0.1, 0.15) is 11.3 Å². The molecule has 0 saturated heterocycles. The minimum atomic E-state index is -1.08. The summed E-state index contributed by atoms with van der Waals surface area (Å²) >= 11 is 1.53. The Morgan fingerprint density at radius 1 is 1.56 bits per heavy atom. The molecule has 1 unspecified atom stereocenters. The van der Waals surface area contributed by atoms with Crippen LogP contribution >= 0.6 is 11.3 Å². The van der Waals surface area contributed by atoms with E-state index in [1.807, 2.05) is 22.2 Å². The van der Waals surface area contributed by atoms with Crippen LogP contribution in [0.4, 0.5) is 0 Å². The third kappa shape index (κ3) is 2.15. The Bertz CT molecular complexity index is 503. The van der Waals surface area contributed by atoms with Crippen molar-refractivity contribution in [3.63, 3.8) is 0 Å². The minimum Gasteiger partial charge on any atom is -0.493 e. The lowest BCUT2D eigenvalue weighted by molar-refractivity contribution is 0.0920. The number of aliphatic hydroxyl groups is 1. The lowest BCUT2D eigenvalue weighted by atomic mass is 9.99. The van der Waals surface area contributed by atoms with Crippen molar-refractivity contribution < 1.29 is 9.84 Å². The lowest BCUT2D eigenvalue weighted by Crippen LogP contribution is -2.26. The second kappa shape index (κ2) is 5.12. The number of aryl methyl sites for hydroxylation is 1. The fourth-order valence-electron chi connectivity index (χ4n) is 2.06. The summed E-state index contributed by atoms with van der Waals surface area (Å²) < 4.78 is 7.14. The van der Waals surface area contributed by atoms with E-state index in [1.165, 1.54) is 11.3 Å². The molecule has 0 bridgehead atoms. The summed E-state index contributed by atoms with van der Waals surface area (Å²) in [4.78, 5) is 0.888. The smallest absolute Gasteiger partial charge is 0.163 e. The van der Waals surface area contributed by atoms with E-state index in [4.69, 9.17) is 4.74 Å². The number of ether oxygens (including phenoxy) is 1. The molecule has 18 heavy (non-hydrogen) atoms. The van der Waals surface area contributed by atoms with Crippen molar-refractivity contribution in [2.75, 3.05) is 7.11 Å². The fourth-order valence-corrected chi connectivity index (χ4v) is 2.85. The monoisotopic (exact) mass is 266 g/mol. The van der Waals surface area contributed by atoms with Crippen LogP contribution in [-0.4, -0.2) is 22.0 Å². The average molecular weight is 266 g/mol. The van der Waals surface area contributed by atoms with E-state index in [9.17, 15) is 5.11 Å². The van der Waals surface area contributed by atoms with E-state index in [-0.39, 0.29) is 0 Å². The Morgan fingerprint density at radius 3 is 2.89 bits per heavy atom. The normalized spacial score (nSPS) is 14.4. The second-order valence-corrected chi connectivity index (χ2v) is 5.28. The van der Waals surface area contributed by atoms with Crippen molar-refractivity contribution >= 4 is 11.3 Å². The molecule has 2 aromatic heterocycles. The third-order valence-corrected chi connectivity index (χ3v) is 4.00. The quantitative estimate of drug-likeness (QED) is 0.905. The molecule has 0 fully saturated rings. The van der Waals surface area contributed by atoms with Gasteiger partial charge in [0.2, 0.25) is 0 Å². The summed E-state index contributed by atoms with van der Waals surface area (Å²) in [6.07, 6.45) is 2.62. The van der Waals surface area contributed by atoms with E-state index < -0.39 is 5.60 Å². The number of rotatable bonds is 5. The molecule has 0 aromatic carbocycles. The molecular weight excluding hydrogens is 248 g/mol. The Labute approximate surface area is 111 Å². The van der Waals surface area contributed by atoms with Crippen molar-refractivity contribution in [3.8, 4) is 5.75 Å². The molecule has 2 aromatic rings. The van der Waals surface area contributed by atoms with Gasteiger partial charge in [0, 0.05) is 11.4 Å². The number of hydrogen-bond donors (Lipinski definition) is 1. The Balaban J connectivity index is 2.51. The molecule has 0 saturated carbocycles. The molecule has 0 amide bonds. The Kier molecular flexibility index (Phi) is 3.73. The summed E-state index contributed by atoms with van der Waals surface area (Å²) in [5.74, 6) is 0.627. The Hall–Kier alpha value is -1.33. The van der Waals surface area contributed by atoms with Crippen LogP contribution in [0, 0.1) is 0 Å². The van der Waals surface area contributed by atoms with Crippen LogP contribution in [0.2, 0.25) is 0 Å². The van der Waals surface area contributed by atoms with Gasteiger partial charge in [-0.3, -0.25) is 4.68 Å². The molecule has 0 aliphatic rings. The zero-order valence-corrected chi connectivity index (χ0v) is 11.7. The first-order valence-electron chi connectivity index (χ1n) is 5.97.